The van der Waals surface area contributed by atoms with Crippen LogP contribution in [0.4, 0.5) is 0 Å². The third kappa shape index (κ3) is 4.40. The second-order valence-electron chi connectivity index (χ2n) is 5.21. The molecule has 2 N–H and O–H groups in total. The zero-order valence-electron chi connectivity index (χ0n) is 11.7. The summed E-state index contributed by atoms with van der Waals surface area (Å²) in [5.74, 6) is 5.87. The fourth-order valence-corrected chi connectivity index (χ4v) is 2.60. The van der Waals surface area contributed by atoms with Crippen LogP contribution in [0.2, 0.25) is 0 Å². The van der Waals surface area contributed by atoms with Gasteiger partial charge in [0.25, 0.3) is 0 Å². The highest BCUT2D eigenvalue weighted by atomic mass is 16.2. The molecule has 1 fully saturated rings. The van der Waals surface area contributed by atoms with Crippen LogP contribution in [0, 0.1) is 17.8 Å². The molecule has 0 radical (unpaired) electrons. The number of amides is 1. The summed E-state index contributed by atoms with van der Waals surface area (Å²) in [7, 11) is 0. The average Bonchev–Trinajstić information content (AvgIpc) is 2.52. The number of aliphatic hydroxyl groups excluding tert-OH is 1. The molecule has 0 aromatic heterocycles. The van der Waals surface area contributed by atoms with Gasteiger partial charge < -0.3 is 10.4 Å². The summed E-state index contributed by atoms with van der Waals surface area (Å²) in [4.78, 5) is 12.1. The molecule has 0 atom stereocenters. The lowest BCUT2D eigenvalue weighted by Gasteiger charge is -2.20. The largest absolute Gasteiger partial charge is 0.384 e. The minimum atomic E-state index is -0.136. The summed E-state index contributed by atoms with van der Waals surface area (Å²) in [6, 6.07) is 7.74. The Morgan fingerprint density at radius 2 is 2.10 bits per heavy atom. The smallest absolute Gasteiger partial charge is 0.223 e. The number of hydrogen-bond acceptors (Lipinski definition) is 2. The molecule has 1 saturated carbocycles. The summed E-state index contributed by atoms with van der Waals surface area (Å²) < 4.78 is 0. The number of carbonyl (C=O) groups is 1. The van der Waals surface area contributed by atoms with E-state index >= 15 is 0 Å². The summed E-state index contributed by atoms with van der Waals surface area (Å²) in [6.45, 7) is 0.409. The predicted molar refractivity (Wildman–Crippen MR) is 78.8 cm³/mol. The average molecular weight is 271 g/mol. The van der Waals surface area contributed by atoms with Gasteiger partial charge in [-0.25, -0.2) is 0 Å². The Kier molecular flexibility index (Phi) is 5.64. The van der Waals surface area contributed by atoms with Gasteiger partial charge >= 0.3 is 0 Å². The number of rotatable bonds is 3. The lowest BCUT2D eigenvalue weighted by molar-refractivity contribution is -0.126. The van der Waals surface area contributed by atoms with Gasteiger partial charge in [0.15, 0.2) is 0 Å². The molecule has 1 aliphatic carbocycles. The van der Waals surface area contributed by atoms with E-state index in [0.717, 1.165) is 24.0 Å². The van der Waals surface area contributed by atoms with Crippen molar-refractivity contribution in [1.29, 1.82) is 0 Å². The first-order valence-corrected chi connectivity index (χ1v) is 7.26. The van der Waals surface area contributed by atoms with Gasteiger partial charge in [-0.15, -0.1) is 0 Å². The van der Waals surface area contributed by atoms with Crippen molar-refractivity contribution in [1.82, 2.24) is 5.32 Å². The maximum atomic E-state index is 12.1. The molecule has 20 heavy (non-hydrogen) atoms. The van der Waals surface area contributed by atoms with Gasteiger partial charge in [0, 0.05) is 18.0 Å². The van der Waals surface area contributed by atoms with Crippen LogP contribution in [-0.4, -0.2) is 17.6 Å². The lowest BCUT2D eigenvalue weighted by atomic mass is 9.88. The van der Waals surface area contributed by atoms with Crippen LogP contribution in [-0.2, 0) is 11.3 Å². The number of carbonyl (C=O) groups excluding carboxylic acids is 1. The zero-order chi connectivity index (χ0) is 14.2. The zero-order valence-corrected chi connectivity index (χ0v) is 11.7. The van der Waals surface area contributed by atoms with E-state index < -0.39 is 0 Å². The van der Waals surface area contributed by atoms with Crippen LogP contribution in [0.15, 0.2) is 24.3 Å². The van der Waals surface area contributed by atoms with Crippen LogP contribution in [0.5, 0.6) is 0 Å². The highest BCUT2D eigenvalue weighted by Gasteiger charge is 2.20. The maximum Gasteiger partial charge on any atom is 0.223 e. The van der Waals surface area contributed by atoms with Crippen LogP contribution < -0.4 is 5.32 Å². The number of benzene rings is 1. The van der Waals surface area contributed by atoms with Crippen molar-refractivity contribution in [3.05, 3.63) is 35.4 Å². The summed E-state index contributed by atoms with van der Waals surface area (Å²) >= 11 is 0. The van der Waals surface area contributed by atoms with Gasteiger partial charge in [-0.2, -0.15) is 0 Å². The van der Waals surface area contributed by atoms with Gasteiger partial charge in [-0.1, -0.05) is 43.2 Å². The quantitative estimate of drug-likeness (QED) is 0.828. The van der Waals surface area contributed by atoms with Crippen molar-refractivity contribution in [2.45, 2.75) is 38.6 Å². The van der Waals surface area contributed by atoms with Gasteiger partial charge in [0.2, 0.25) is 5.91 Å². The minimum absolute atomic E-state index is 0.136. The van der Waals surface area contributed by atoms with E-state index in [4.69, 9.17) is 5.11 Å². The van der Waals surface area contributed by atoms with Gasteiger partial charge in [0.1, 0.15) is 6.61 Å². The van der Waals surface area contributed by atoms with Crippen molar-refractivity contribution in [2.75, 3.05) is 6.61 Å². The molecule has 0 saturated heterocycles. The van der Waals surface area contributed by atoms with E-state index in [1.54, 1.807) is 0 Å². The molecule has 3 heteroatoms. The highest BCUT2D eigenvalue weighted by Crippen LogP contribution is 2.23. The molecule has 106 valence electrons. The van der Waals surface area contributed by atoms with E-state index in [1.807, 2.05) is 24.3 Å². The van der Waals surface area contributed by atoms with Gasteiger partial charge in [-0.05, 0) is 30.5 Å². The topological polar surface area (TPSA) is 49.3 Å². The first kappa shape index (κ1) is 14.6. The maximum absolute atomic E-state index is 12.1. The van der Waals surface area contributed by atoms with E-state index in [-0.39, 0.29) is 18.4 Å². The highest BCUT2D eigenvalue weighted by molar-refractivity contribution is 5.78. The fourth-order valence-electron chi connectivity index (χ4n) is 2.60. The second-order valence-corrected chi connectivity index (χ2v) is 5.21. The molecular formula is C17H21NO2. The third-order valence-corrected chi connectivity index (χ3v) is 3.68. The van der Waals surface area contributed by atoms with E-state index in [0.29, 0.717) is 6.54 Å². The molecule has 1 aromatic rings. The molecule has 2 rings (SSSR count). The Morgan fingerprint density at radius 1 is 1.30 bits per heavy atom. The Bertz CT molecular complexity index is 507. The van der Waals surface area contributed by atoms with Crippen molar-refractivity contribution < 1.29 is 9.90 Å². The van der Waals surface area contributed by atoms with Crippen LogP contribution in [0.3, 0.4) is 0 Å². The van der Waals surface area contributed by atoms with Crippen molar-refractivity contribution >= 4 is 5.91 Å². The van der Waals surface area contributed by atoms with Crippen LogP contribution in [0.1, 0.15) is 43.2 Å². The molecule has 0 bridgehead atoms. The summed E-state index contributed by atoms with van der Waals surface area (Å²) in [5, 5.41) is 11.7. The molecule has 0 aliphatic heterocycles. The Hall–Kier alpha value is -1.79. The number of aliphatic hydroxyl groups is 1. The van der Waals surface area contributed by atoms with Crippen LogP contribution in [0.25, 0.3) is 0 Å². The van der Waals surface area contributed by atoms with Gasteiger partial charge in [-0.3, -0.25) is 4.79 Å². The SMILES string of the molecule is O=C(NCc1cccc(C#CCO)c1)C1CCCCC1. The lowest BCUT2D eigenvalue weighted by Crippen LogP contribution is -2.31. The fraction of sp³-hybridized carbons (Fsp3) is 0.471. The number of hydrogen-bond donors (Lipinski definition) is 2. The molecule has 1 aliphatic rings. The second kappa shape index (κ2) is 7.72. The summed E-state index contributed by atoms with van der Waals surface area (Å²) in [6.07, 6.45) is 5.64. The van der Waals surface area contributed by atoms with Gasteiger partial charge in [0.05, 0.1) is 0 Å². The Morgan fingerprint density at radius 3 is 2.85 bits per heavy atom. The molecule has 1 aromatic carbocycles. The molecule has 0 heterocycles. The third-order valence-electron chi connectivity index (χ3n) is 3.68. The molecule has 1 amide bonds. The Balaban J connectivity index is 1.88. The van der Waals surface area contributed by atoms with E-state index in [2.05, 4.69) is 17.2 Å². The van der Waals surface area contributed by atoms with Crippen molar-refractivity contribution in [2.24, 2.45) is 5.92 Å². The standard InChI is InChI=1S/C17H21NO2/c19-11-5-8-14-6-4-7-15(12-14)13-18-17(20)16-9-2-1-3-10-16/h4,6-7,12,16,19H,1-3,9-11,13H2,(H,18,20). The monoisotopic (exact) mass is 271 g/mol. The number of nitrogens with one attached hydrogen (secondary N) is 1. The first-order chi connectivity index (χ1) is 9.79. The molecule has 3 nitrogen and oxygen atoms in total. The van der Waals surface area contributed by atoms with Crippen molar-refractivity contribution in [3.63, 3.8) is 0 Å². The molecule has 0 spiro atoms. The molecule has 0 unspecified atom stereocenters. The van der Waals surface area contributed by atoms with E-state index in [1.165, 1.54) is 19.3 Å². The molecular weight excluding hydrogens is 250 g/mol. The minimum Gasteiger partial charge on any atom is -0.384 e. The first-order valence-electron chi connectivity index (χ1n) is 7.26. The Labute approximate surface area is 120 Å². The van der Waals surface area contributed by atoms with Crippen LogP contribution >= 0.6 is 0 Å². The van der Waals surface area contributed by atoms with E-state index in [9.17, 15) is 4.79 Å². The van der Waals surface area contributed by atoms with Crippen molar-refractivity contribution in [3.8, 4) is 11.8 Å². The normalized spacial score (nSPS) is 15.2. The summed E-state index contributed by atoms with van der Waals surface area (Å²) in [5.41, 5.74) is 1.90. The predicted octanol–water partition coefficient (Wildman–Crippen LogP) is 2.23.